The first-order valence-electron chi connectivity index (χ1n) is 5.96. The molecule has 0 aliphatic carbocycles. The molecule has 0 saturated carbocycles. The van der Waals surface area contributed by atoms with E-state index in [4.69, 9.17) is 15.7 Å². The summed E-state index contributed by atoms with van der Waals surface area (Å²) in [4.78, 5) is 0.224. The van der Waals surface area contributed by atoms with E-state index in [2.05, 4.69) is 5.32 Å². The molecule has 0 spiro atoms. The number of halogens is 3. The summed E-state index contributed by atoms with van der Waals surface area (Å²) in [5, 5.41) is 12.0. The number of hydrogen-bond donors (Lipinski definition) is 2. The van der Waals surface area contributed by atoms with Gasteiger partial charge in [-0.25, -0.2) is 0 Å². The van der Waals surface area contributed by atoms with Crippen LogP contribution in [0.15, 0.2) is 0 Å². The Balaban J connectivity index is 2.96. The Bertz CT molecular complexity index is 505. The zero-order chi connectivity index (χ0) is 15.5. The molecule has 0 amide bonds. The topological polar surface area (TPSA) is 71.1 Å². The van der Waals surface area contributed by atoms with Crippen molar-refractivity contribution in [2.75, 3.05) is 11.1 Å². The lowest BCUT2D eigenvalue weighted by molar-refractivity contribution is -0.136. The lowest BCUT2D eigenvalue weighted by atomic mass is 10.2. The van der Waals surface area contributed by atoms with Gasteiger partial charge in [-0.3, -0.25) is 0 Å². The molecular weight excluding hydrogens is 291 g/mol. The van der Waals surface area contributed by atoms with Gasteiger partial charge in [-0.15, -0.1) is 11.3 Å². The first-order chi connectivity index (χ1) is 9.14. The minimum atomic E-state index is -4.26. The summed E-state index contributed by atoms with van der Waals surface area (Å²) < 4.78 is 42.5. The molecule has 0 aliphatic rings. The van der Waals surface area contributed by atoms with E-state index in [0.717, 1.165) is 11.3 Å². The first-order valence-corrected chi connectivity index (χ1v) is 6.78. The Morgan fingerprint density at radius 2 is 2.00 bits per heavy atom. The van der Waals surface area contributed by atoms with Gasteiger partial charge in [-0.1, -0.05) is 0 Å². The van der Waals surface area contributed by atoms with E-state index in [1.807, 2.05) is 6.07 Å². The number of alkyl halides is 3. The molecule has 0 fully saturated rings. The Morgan fingerprint density at radius 3 is 2.45 bits per heavy atom. The molecule has 0 aromatic carbocycles. The average molecular weight is 307 g/mol. The fourth-order valence-electron chi connectivity index (χ4n) is 1.58. The predicted octanol–water partition coefficient (Wildman–Crippen LogP) is 3.74. The zero-order valence-electron chi connectivity index (χ0n) is 11.3. The Kier molecular flexibility index (Phi) is 5.11. The van der Waals surface area contributed by atoms with Crippen molar-refractivity contribution in [2.24, 2.45) is 0 Å². The van der Waals surface area contributed by atoms with Gasteiger partial charge in [0.05, 0.1) is 12.5 Å². The summed E-state index contributed by atoms with van der Waals surface area (Å²) in [5.41, 5.74) is 5.93. The van der Waals surface area contributed by atoms with E-state index in [1.54, 1.807) is 13.8 Å². The first kappa shape index (κ1) is 16.4. The monoisotopic (exact) mass is 307 g/mol. The average Bonchev–Trinajstić information content (AvgIpc) is 2.54. The maximum atomic E-state index is 12.3. The van der Waals surface area contributed by atoms with Crippen LogP contribution >= 0.6 is 11.3 Å². The Morgan fingerprint density at radius 1 is 1.40 bits per heavy atom. The SMILES string of the molecule is CC(CC(F)(F)F)Nc1sc(C#N)c(N)c1OC(C)C. The van der Waals surface area contributed by atoms with E-state index in [9.17, 15) is 13.2 Å². The highest BCUT2D eigenvalue weighted by Gasteiger charge is 2.31. The normalized spacial score (nSPS) is 13.1. The van der Waals surface area contributed by atoms with Gasteiger partial charge < -0.3 is 15.8 Å². The van der Waals surface area contributed by atoms with Gasteiger partial charge in [-0.05, 0) is 20.8 Å². The molecule has 4 nitrogen and oxygen atoms in total. The molecule has 8 heteroatoms. The molecule has 1 aromatic rings. The fraction of sp³-hybridized carbons (Fsp3) is 0.583. The molecule has 0 saturated heterocycles. The predicted molar refractivity (Wildman–Crippen MR) is 73.0 cm³/mol. The molecule has 0 aliphatic heterocycles. The number of nitrogens with zero attached hydrogens (tertiary/aromatic N) is 1. The van der Waals surface area contributed by atoms with Crippen molar-refractivity contribution in [3.8, 4) is 11.8 Å². The van der Waals surface area contributed by atoms with Crippen LogP contribution in [0.5, 0.6) is 5.75 Å². The van der Waals surface area contributed by atoms with Gasteiger partial charge in [0.25, 0.3) is 0 Å². The van der Waals surface area contributed by atoms with E-state index < -0.39 is 18.6 Å². The maximum Gasteiger partial charge on any atom is 0.391 e. The van der Waals surface area contributed by atoms with Gasteiger partial charge in [0.2, 0.25) is 0 Å². The third-order valence-corrected chi connectivity index (χ3v) is 3.29. The van der Waals surface area contributed by atoms with Crippen molar-refractivity contribution < 1.29 is 17.9 Å². The third-order valence-electron chi connectivity index (χ3n) is 2.27. The summed E-state index contributed by atoms with van der Waals surface area (Å²) in [6.07, 6.45) is -5.43. The Labute approximate surface area is 119 Å². The molecule has 1 unspecified atom stereocenters. The second kappa shape index (κ2) is 6.22. The largest absolute Gasteiger partial charge is 0.486 e. The number of nitrogens with two attached hydrogens (primary N) is 1. The molecule has 1 rings (SSSR count). The number of anilines is 2. The van der Waals surface area contributed by atoms with Crippen LogP contribution in [0.25, 0.3) is 0 Å². The van der Waals surface area contributed by atoms with Crippen molar-refractivity contribution in [1.82, 2.24) is 0 Å². The van der Waals surface area contributed by atoms with Crippen LogP contribution in [0.4, 0.5) is 23.9 Å². The van der Waals surface area contributed by atoms with Gasteiger partial charge in [0, 0.05) is 6.04 Å². The minimum absolute atomic E-state index is 0.160. The number of hydrogen-bond acceptors (Lipinski definition) is 5. The number of thiophene rings is 1. The standard InChI is InChI=1S/C12H16F3N3OS/c1-6(2)19-10-9(17)8(5-16)20-11(10)18-7(3)4-12(13,14)15/h6-7,18H,4,17H2,1-3H3. The van der Waals surface area contributed by atoms with E-state index in [1.165, 1.54) is 6.92 Å². The highest BCUT2D eigenvalue weighted by molar-refractivity contribution is 7.17. The van der Waals surface area contributed by atoms with Gasteiger partial charge in [0.1, 0.15) is 21.6 Å². The summed E-state index contributed by atoms with van der Waals surface area (Å²) in [5.74, 6) is 0.246. The highest BCUT2D eigenvalue weighted by Crippen LogP contribution is 2.43. The van der Waals surface area contributed by atoms with E-state index in [-0.39, 0.29) is 22.4 Å². The van der Waals surface area contributed by atoms with Gasteiger partial charge >= 0.3 is 6.18 Å². The number of nitrogens with one attached hydrogen (secondary N) is 1. The smallest absolute Gasteiger partial charge is 0.391 e. The van der Waals surface area contributed by atoms with Crippen LogP contribution in [-0.2, 0) is 0 Å². The fourth-order valence-corrected chi connectivity index (χ4v) is 2.54. The Hall–Kier alpha value is -1.62. The van der Waals surface area contributed by atoms with Gasteiger partial charge in [-0.2, -0.15) is 18.4 Å². The highest BCUT2D eigenvalue weighted by atomic mass is 32.1. The molecular formula is C12H16F3N3OS. The third kappa shape index (κ3) is 4.49. The number of nitrogen functional groups attached to an aromatic ring is 1. The summed E-state index contributed by atoms with van der Waals surface area (Å²) in [6.45, 7) is 4.95. The number of rotatable bonds is 5. The van der Waals surface area contributed by atoms with Crippen LogP contribution < -0.4 is 15.8 Å². The molecule has 20 heavy (non-hydrogen) atoms. The number of ether oxygens (including phenoxy) is 1. The summed E-state index contributed by atoms with van der Waals surface area (Å²) >= 11 is 0.993. The molecule has 112 valence electrons. The van der Waals surface area contributed by atoms with Crippen molar-refractivity contribution in [3.05, 3.63) is 4.88 Å². The molecule has 1 aromatic heterocycles. The van der Waals surface area contributed by atoms with Crippen LogP contribution in [-0.4, -0.2) is 18.3 Å². The van der Waals surface area contributed by atoms with Crippen molar-refractivity contribution in [3.63, 3.8) is 0 Å². The van der Waals surface area contributed by atoms with Crippen LogP contribution in [0.3, 0.4) is 0 Å². The van der Waals surface area contributed by atoms with Crippen LogP contribution in [0, 0.1) is 11.3 Å². The van der Waals surface area contributed by atoms with E-state index >= 15 is 0 Å². The number of nitriles is 1. The quantitative estimate of drug-likeness (QED) is 0.869. The summed E-state index contributed by atoms with van der Waals surface area (Å²) in [7, 11) is 0. The van der Waals surface area contributed by atoms with Crippen LogP contribution in [0.2, 0.25) is 0 Å². The second-order valence-electron chi connectivity index (χ2n) is 4.65. The van der Waals surface area contributed by atoms with Gasteiger partial charge in [0.15, 0.2) is 5.75 Å². The summed E-state index contributed by atoms with van der Waals surface area (Å²) in [6, 6.07) is 1.06. The zero-order valence-corrected chi connectivity index (χ0v) is 12.2. The maximum absolute atomic E-state index is 12.3. The lowest BCUT2D eigenvalue weighted by Crippen LogP contribution is -2.23. The molecule has 0 radical (unpaired) electrons. The second-order valence-corrected chi connectivity index (χ2v) is 5.67. The van der Waals surface area contributed by atoms with Crippen molar-refractivity contribution in [2.45, 2.75) is 45.5 Å². The van der Waals surface area contributed by atoms with Crippen molar-refractivity contribution in [1.29, 1.82) is 5.26 Å². The molecule has 0 bridgehead atoms. The lowest BCUT2D eigenvalue weighted by Gasteiger charge is -2.18. The molecule has 3 N–H and O–H groups in total. The minimum Gasteiger partial charge on any atom is -0.486 e. The van der Waals surface area contributed by atoms with Crippen molar-refractivity contribution >= 4 is 22.0 Å². The molecule has 1 atom stereocenters. The van der Waals surface area contributed by atoms with E-state index in [0.29, 0.717) is 5.00 Å². The molecule has 1 heterocycles. The van der Waals surface area contributed by atoms with Crippen LogP contribution in [0.1, 0.15) is 32.1 Å².